The van der Waals surface area contributed by atoms with Gasteiger partial charge in [0.15, 0.2) is 0 Å². The summed E-state index contributed by atoms with van der Waals surface area (Å²) >= 11 is 0. The third kappa shape index (κ3) is 7.68. The first-order valence-electron chi connectivity index (χ1n) is 11.2. The van der Waals surface area contributed by atoms with Crippen molar-refractivity contribution >= 4 is 28.9 Å². The number of carbonyl (C=O) groups excluding carboxylic acids is 2. The molecule has 3 aromatic carbocycles. The summed E-state index contributed by atoms with van der Waals surface area (Å²) in [5.74, 6) is 0.465. The first-order valence-corrected chi connectivity index (χ1v) is 11.2. The highest BCUT2D eigenvalue weighted by atomic mass is 16.5. The molecule has 0 atom stereocenters. The summed E-state index contributed by atoms with van der Waals surface area (Å²) < 4.78 is 5.95. The Morgan fingerprint density at radius 3 is 2.39 bits per heavy atom. The van der Waals surface area contributed by atoms with Crippen molar-refractivity contribution in [1.29, 1.82) is 0 Å². The van der Waals surface area contributed by atoms with Crippen molar-refractivity contribution in [3.63, 3.8) is 0 Å². The van der Waals surface area contributed by atoms with Gasteiger partial charge in [-0.2, -0.15) is 0 Å². The molecule has 3 N–H and O–H groups in total. The highest BCUT2D eigenvalue weighted by molar-refractivity contribution is 5.96. The van der Waals surface area contributed by atoms with Gasteiger partial charge in [0.1, 0.15) is 5.75 Å². The summed E-state index contributed by atoms with van der Waals surface area (Å²) in [5.41, 5.74) is 4.32. The molecule has 0 saturated heterocycles. The van der Waals surface area contributed by atoms with Gasteiger partial charge in [0.2, 0.25) is 11.8 Å². The molecule has 3 aromatic rings. The topological polar surface area (TPSA) is 79.5 Å². The summed E-state index contributed by atoms with van der Waals surface area (Å²) in [5, 5.41) is 8.87. The highest BCUT2D eigenvalue weighted by Crippen LogP contribution is 2.24. The lowest BCUT2D eigenvalue weighted by Crippen LogP contribution is -2.22. The van der Waals surface area contributed by atoms with Crippen LogP contribution in [0.1, 0.15) is 30.9 Å². The minimum absolute atomic E-state index is 0.0661. The van der Waals surface area contributed by atoms with Crippen LogP contribution in [0.3, 0.4) is 0 Å². The maximum Gasteiger partial charge on any atom is 0.243 e. The van der Waals surface area contributed by atoms with E-state index < -0.39 is 0 Å². The lowest BCUT2D eigenvalue weighted by atomic mass is 10.1. The molecule has 0 spiro atoms. The average molecular weight is 446 g/mol. The lowest BCUT2D eigenvalue weighted by Gasteiger charge is -2.14. The molecule has 6 nitrogen and oxygen atoms in total. The van der Waals surface area contributed by atoms with Crippen LogP contribution in [0.15, 0.2) is 72.8 Å². The van der Waals surface area contributed by atoms with Crippen LogP contribution in [0.25, 0.3) is 0 Å². The number of carbonyl (C=O) groups is 2. The standard InChI is InChI=1S/C27H31N3O3/c1-3-26(31)30-24-18-22(16-15-20(24)2)29-27(32)19-28-23-13-7-8-14-25(23)33-17-9-12-21-10-5-4-6-11-21/h4-8,10-11,13-16,18,28H,3,9,12,17,19H2,1-2H3,(H,29,32)(H,30,31). The van der Waals surface area contributed by atoms with E-state index in [1.807, 2.05) is 61.5 Å². The van der Waals surface area contributed by atoms with Crippen molar-refractivity contribution in [2.45, 2.75) is 33.1 Å². The van der Waals surface area contributed by atoms with Crippen LogP contribution in [0.5, 0.6) is 5.75 Å². The number of amides is 2. The van der Waals surface area contributed by atoms with Crippen molar-refractivity contribution < 1.29 is 14.3 Å². The molecule has 0 aliphatic rings. The SMILES string of the molecule is CCC(=O)Nc1cc(NC(=O)CNc2ccccc2OCCCc2ccccc2)ccc1C. The number of aryl methyl sites for hydroxylation is 2. The Hall–Kier alpha value is -3.80. The molecule has 6 heteroatoms. The molecule has 0 aliphatic heterocycles. The fourth-order valence-electron chi connectivity index (χ4n) is 3.30. The minimum Gasteiger partial charge on any atom is -0.491 e. The maximum absolute atomic E-state index is 12.5. The fraction of sp³-hybridized carbons (Fsp3) is 0.259. The molecule has 3 rings (SSSR count). The van der Waals surface area contributed by atoms with Gasteiger partial charge in [-0.1, -0.05) is 55.5 Å². The van der Waals surface area contributed by atoms with Gasteiger partial charge in [-0.3, -0.25) is 9.59 Å². The second-order valence-corrected chi connectivity index (χ2v) is 7.77. The highest BCUT2D eigenvalue weighted by Gasteiger charge is 2.09. The van der Waals surface area contributed by atoms with Gasteiger partial charge in [-0.15, -0.1) is 0 Å². The number of hydrogen-bond acceptors (Lipinski definition) is 4. The molecule has 0 heterocycles. The van der Waals surface area contributed by atoms with Gasteiger partial charge in [-0.25, -0.2) is 0 Å². The number of para-hydroxylation sites is 2. The lowest BCUT2D eigenvalue weighted by molar-refractivity contribution is -0.116. The zero-order valence-electron chi connectivity index (χ0n) is 19.2. The summed E-state index contributed by atoms with van der Waals surface area (Å²) in [6, 6.07) is 23.4. The summed E-state index contributed by atoms with van der Waals surface area (Å²) in [6.07, 6.45) is 2.26. The Morgan fingerprint density at radius 2 is 1.61 bits per heavy atom. The zero-order chi connectivity index (χ0) is 23.5. The molecule has 0 aromatic heterocycles. The van der Waals surface area contributed by atoms with Gasteiger partial charge in [-0.05, 0) is 55.2 Å². The van der Waals surface area contributed by atoms with E-state index in [1.165, 1.54) is 5.56 Å². The second-order valence-electron chi connectivity index (χ2n) is 7.77. The van der Waals surface area contributed by atoms with Crippen molar-refractivity contribution in [2.75, 3.05) is 29.1 Å². The molecule has 0 aliphatic carbocycles. The van der Waals surface area contributed by atoms with E-state index in [0.29, 0.717) is 24.4 Å². The van der Waals surface area contributed by atoms with E-state index in [4.69, 9.17) is 4.74 Å². The van der Waals surface area contributed by atoms with Crippen LogP contribution >= 0.6 is 0 Å². The normalized spacial score (nSPS) is 10.4. The maximum atomic E-state index is 12.5. The predicted octanol–water partition coefficient (Wildman–Crippen LogP) is 5.41. The van der Waals surface area contributed by atoms with Crippen LogP contribution < -0.4 is 20.7 Å². The van der Waals surface area contributed by atoms with Gasteiger partial charge in [0.25, 0.3) is 0 Å². The van der Waals surface area contributed by atoms with E-state index in [0.717, 1.165) is 29.8 Å². The first kappa shape index (κ1) is 23.9. The average Bonchev–Trinajstić information content (AvgIpc) is 2.83. The van der Waals surface area contributed by atoms with Crippen molar-refractivity contribution in [3.05, 3.63) is 83.9 Å². The quantitative estimate of drug-likeness (QED) is 0.345. The van der Waals surface area contributed by atoms with Crippen LogP contribution in [-0.2, 0) is 16.0 Å². The zero-order valence-corrected chi connectivity index (χ0v) is 19.2. The molecule has 33 heavy (non-hydrogen) atoms. The molecular weight excluding hydrogens is 414 g/mol. The van der Waals surface area contributed by atoms with Crippen LogP contribution in [0.2, 0.25) is 0 Å². The fourth-order valence-corrected chi connectivity index (χ4v) is 3.30. The number of hydrogen-bond donors (Lipinski definition) is 3. The molecule has 0 saturated carbocycles. The summed E-state index contributed by atoms with van der Waals surface area (Å²) in [4.78, 5) is 24.2. The van der Waals surface area contributed by atoms with Gasteiger partial charge in [0, 0.05) is 17.8 Å². The van der Waals surface area contributed by atoms with Crippen LogP contribution in [0, 0.1) is 6.92 Å². The Morgan fingerprint density at radius 1 is 0.848 bits per heavy atom. The molecule has 0 unspecified atom stereocenters. The third-order valence-corrected chi connectivity index (χ3v) is 5.15. The third-order valence-electron chi connectivity index (χ3n) is 5.15. The molecular formula is C27H31N3O3. The number of ether oxygens (including phenoxy) is 1. The first-order chi connectivity index (χ1) is 16.0. The smallest absolute Gasteiger partial charge is 0.243 e. The number of benzene rings is 3. The second kappa shape index (κ2) is 12.3. The summed E-state index contributed by atoms with van der Waals surface area (Å²) in [7, 11) is 0. The largest absolute Gasteiger partial charge is 0.491 e. The van der Waals surface area contributed by atoms with E-state index in [9.17, 15) is 9.59 Å². The monoisotopic (exact) mass is 445 g/mol. The Labute approximate surface area is 195 Å². The van der Waals surface area contributed by atoms with Crippen molar-refractivity contribution in [2.24, 2.45) is 0 Å². The molecule has 0 radical (unpaired) electrons. The number of rotatable bonds is 11. The van der Waals surface area contributed by atoms with E-state index in [1.54, 1.807) is 13.0 Å². The van der Waals surface area contributed by atoms with E-state index in [-0.39, 0.29) is 18.4 Å². The van der Waals surface area contributed by atoms with Crippen molar-refractivity contribution in [1.82, 2.24) is 0 Å². The Balaban J connectivity index is 1.50. The Kier molecular flexibility index (Phi) is 8.88. The Bertz CT molecular complexity index is 1070. The molecule has 0 bridgehead atoms. The minimum atomic E-state index is -0.189. The molecule has 2 amide bonds. The van der Waals surface area contributed by atoms with Gasteiger partial charge < -0.3 is 20.7 Å². The van der Waals surface area contributed by atoms with Crippen LogP contribution in [-0.4, -0.2) is 25.0 Å². The molecule has 0 fully saturated rings. The number of nitrogens with one attached hydrogen (secondary N) is 3. The predicted molar refractivity (Wildman–Crippen MR) is 134 cm³/mol. The van der Waals surface area contributed by atoms with E-state index >= 15 is 0 Å². The van der Waals surface area contributed by atoms with Gasteiger partial charge >= 0.3 is 0 Å². The van der Waals surface area contributed by atoms with E-state index in [2.05, 4.69) is 28.1 Å². The van der Waals surface area contributed by atoms with Crippen LogP contribution in [0.4, 0.5) is 17.1 Å². The van der Waals surface area contributed by atoms with Gasteiger partial charge in [0.05, 0.1) is 18.8 Å². The van der Waals surface area contributed by atoms with Crippen molar-refractivity contribution in [3.8, 4) is 5.75 Å². The number of anilines is 3. The summed E-state index contributed by atoms with van der Waals surface area (Å²) in [6.45, 7) is 4.40. The molecule has 172 valence electrons.